The first-order valence-electron chi connectivity index (χ1n) is 4.46. The standard InChI is InChI=1S/C11H10BrNS2/c12-11-8(3-1-4-9(11)13)7-15-10-5-2-6-14-10/h1-6H,7,13H2. The molecule has 0 radical (unpaired) electrons. The summed E-state index contributed by atoms with van der Waals surface area (Å²) >= 11 is 7.11. The van der Waals surface area contributed by atoms with Crippen molar-refractivity contribution in [1.29, 1.82) is 0 Å². The largest absolute Gasteiger partial charge is 0.398 e. The minimum Gasteiger partial charge on any atom is -0.398 e. The topological polar surface area (TPSA) is 26.0 Å². The molecule has 0 aliphatic heterocycles. The van der Waals surface area contributed by atoms with Crippen molar-refractivity contribution >= 4 is 44.7 Å². The number of anilines is 1. The van der Waals surface area contributed by atoms with Crippen molar-refractivity contribution in [3.05, 3.63) is 45.7 Å². The Morgan fingerprint density at radius 3 is 2.87 bits per heavy atom. The van der Waals surface area contributed by atoms with Gasteiger partial charge in [-0.1, -0.05) is 18.2 Å². The maximum absolute atomic E-state index is 5.82. The van der Waals surface area contributed by atoms with E-state index in [9.17, 15) is 0 Å². The highest BCUT2D eigenvalue weighted by Gasteiger charge is 2.03. The van der Waals surface area contributed by atoms with Gasteiger partial charge in [-0.05, 0) is 39.0 Å². The lowest BCUT2D eigenvalue weighted by molar-refractivity contribution is 1.38. The van der Waals surface area contributed by atoms with Crippen molar-refractivity contribution < 1.29 is 0 Å². The summed E-state index contributed by atoms with van der Waals surface area (Å²) in [7, 11) is 0. The van der Waals surface area contributed by atoms with Gasteiger partial charge in [-0.3, -0.25) is 0 Å². The SMILES string of the molecule is Nc1cccc(CSc2cccs2)c1Br. The molecule has 2 aromatic rings. The fraction of sp³-hybridized carbons (Fsp3) is 0.0909. The zero-order chi connectivity index (χ0) is 10.7. The number of rotatable bonds is 3. The molecule has 0 spiro atoms. The van der Waals surface area contributed by atoms with Gasteiger partial charge in [0.15, 0.2) is 0 Å². The summed E-state index contributed by atoms with van der Waals surface area (Å²) < 4.78 is 2.36. The number of halogens is 1. The van der Waals surface area contributed by atoms with Crippen LogP contribution in [0.4, 0.5) is 5.69 Å². The van der Waals surface area contributed by atoms with E-state index in [0.29, 0.717) is 0 Å². The summed E-state index contributed by atoms with van der Waals surface area (Å²) in [6.45, 7) is 0. The molecule has 0 saturated carbocycles. The van der Waals surface area contributed by atoms with Crippen LogP contribution in [0.25, 0.3) is 0 Å². The Morgan fingerprint density at radius 2 is 2.13 bits per heavy atom. The van der Waals surface area contributed by atoms with Gasteiger partial charge >= 0.3 is 0 Å². The molecule has 1 nitrogen and oxygen atoms in total. The highest BCUT2D eigenvalue weighted by Crippen LogP contribution is 2.31. The molecule has 0 unspecified atom stereocenters. The van der Waals surface area contributed by atoms with E-state index in [1.807, 2.05) is 23.9 Å². The van der Waals surface area contributed by atoms with E-state index in [1.54, 1.807) is 11.3 Å². The van der Waals surface area contributed by atoms with Gasteiger partial charge < -0.3 is 5.73 Å². The lowest BCUT2D eigenvalue weighted by Crippen LogP contribution is -1.90. The molecule has 78 valence electrons. The Bertz CT molecular complexity index is 440. The van der Waals surface area contributed by atoms with Gasteiger partial charge in [0.05, 0.1) is 4.21 Å². The maximum Gasteiger partial charge on any atom is 0.0601 e. The zero-order valence-corrected chi connectivity index (χ0v) is 11.2. The predicted octanol–water partition coefficient (Wildman–Crippen LogP) is 4.39. The average molecular weight is 300 g/mol. The number of nitrogens with two attached hydrogens (primary N) is 1. The minimum atomic E-state index is 0.805. The summed E-state index contributed by atoms with van der Waals surface area (Å²) in [6.07, 6.45) is 0. The summed E-state index contributed by atoms with van der Waals surface area (Å²) in [5.41, 5.74) is 7.86. The summed E-state index contributed by atoms with van der Waals surface area (Å²) in [5.74, 6) is 0.951. The van der Waals surface area contributed by atoms with Crippen LogP contribution in [0.3, 0.4) is 0 Å². The zero-order valence-electron chi connectivity index (χ0n) is 7.94. The highest BCUT2D eigenvalue weighted by molar-refractivity contribution is 9.10. The molecule has 1 heterocycles. The number of thioether (sulfide) groups is 1. The van der Waals surface area contributed by atoms with Crippen LogP contribution in [-0.2, 0) is 5.75 Å². The van der Waals surface area contributed by atoms with E-state index in [0.717, 1.165) is 15.9 Å². The van der Waals surface area contributed by atoms with E-state index >= 15 is 0 Å². The molecule has 1 aromatic heterocycles. The fourth-order valence-electron chi connectivity index (χ4n) is 1.21. The second kappa shape index (κ2) is 5.05. The normalized spacial score (nSPS) is 10.5. The van der Waals surface area contributed by atoms with Gasteiger partial charge in [0.1, 0.15) is 0 Å². The van der Waals surface area contributed by atoms with Crippen LogP contribution < -0.4 is 5.73 Å². The Labute approximate surface area is 106 Å². The molecule has 0 aliphatic carbocycles. The Balaban J connectivity index is 2.08. The van der Waals surface area contributed by atoms with Gasteiger partial charge in [-0.2, -0.15) is 0 Å². The van der Waals surface area contributed by atoms with E-state index in [2.05, 4.69) is 39.5 Å². The molecule has 2 N–H and O–H groups in total. The molecule has 0 saturated heterocycles. The van der Waals surface area contributed by atoms with Crippen LogP contribution in [-0.4, -0.2) is 0 Å². The third-order valence-corrected chi connectivity index (χ3v) is 5.12. The molecule has 1 aromatic carbocycles. The molecule has 0 bridgehead atoms. The van der Waals surface area contributed by atoms with E-state index in [4.69, 9.17) is 5.73 Å². The van der Waals surface area contributed by atoms with Crippen LogP contribution in [0.5, 0.6) is 0 Å². The quantitative estimate of drug-likeness (QED) is 0.672. The smallest absolute Gasteiger partial charge is 0.0601 e. The number of thiophene rings is 1. The van der Waals surface area contributed by atoms with Gasteiger partial charge in [-0.15, -0.1) is 23.1 Å². The van der Waals surface area contributed by atoms with Crippen molar-refractivity contribution in [3.63, 3.8) is 0 Å². The van der Waals surface area contributed by atoms with E-state index in [1.165, 1.54) is 9.77 Å². The third-order valence-electron chi connectivity index (χ3n) is 1.97. The van der Waals surface area contributed by atoms with Crippen molar-refractivity contribution in [2.24, 2.45) is 0 Å². The molecule has 15 heavy (non-hydrogen) atoms. The molecule has 0 amide bonds. The van der Waals surface area contributed by atoms with E-state index < -0.39 is 0 Å². The molecule has 4 heteroatoms. The monoisotopic (exact) mass is 299 g/mol. The summed E-state index contributed by atoms with van der Waals surface area (Å²) in [4.78, 5) is 0. The molecule has 0 fully saturated rings. The van der Waals surface area contributed by atoms with Gasteiger partial charge in [0.2, 0.25) is 0 Å². The van der Waals surface area contributed by atoms with Crippen molar-refractivity contribution in [2.75, 3.05) is 5.73 Å². The lowest BCUT2D eigenvalue weighted by atomic mass is 10.2. The van der Waals surface area contributed by atoms with Crippen LogP contribution in [0.1, 0.15) is 5.56 Å². The number of hydrogen-bond donors (Lipinski definition) is 1. The molecule has 0 aliphatic rings. The maximum atomic E-state index is 5.82. The van der Waals surface area contributed by atoms with Crippen molar-refractivity contribution in [1.82, 2.24) is 0 Å². The van der Waals surface area contributed by atoms with Gasteiger partial charge in [0, 0.05) is 15.9 Å². The van der Waals surface area contributed by atoms with Gasteiger partial charge in [-0.25, -0.2) is 0 Å². The van der Waals surface area contributed by atoms with Crippen molar-refractivity contribution in [2.45, 2.75) is 9.96 Å². The number of nitrogen functional groups attached to an aromatic ring is 1. The minimum absolute atomic E-state index is 0.805. The Kier molecular flexibility index (Phi) is 3.72. The third kappa shape index (κ3) is 2.77. The first-order chi connectivity index (χ1) is 7.27. The first-order valence-corrected chi connectivity index (χ1v) is 7.12. The number of benzene rings is 1. The lowest BCUT2D eigenvalue weighted by Gasteiger charge is -2.05. The molecular weight excluding hydrogens is 290 g/mol. The summed E-state index contributed by atoms with van der Waals surface area (Å²) in [6, 6.07) is 10.2. The number of hydrogen-bond acceptors (Lipinski definition) is 3. The average Bonchev–Trinajstić information content (AvgIpc) is 2.73. The second-order valence-electron chi connectivity index (χ2n) is 3.04. The summed E-state index contributed by atoms with van der Waals surface area (Å²) in [5, 5.41) is 2.09. The van der Waals surface area contributed by atoms with Crippen LogP contribution in [0.2, 0.25) is 0 Å². The van der Waals surface area contributed by atoms with E-state index in [-0.39, 0.29) is 0 Å². The Hall–Kier alpha value is -0.450. The first kappa shape index (κ1) is 11.0. The highest BCUT2D eigenvalue weighted by atomic mass is 79.9. The molecule has 0 atom stereocenters. The predicted molar refractivity (Wildman–Crippen MR) is 72.4 cm³/mol. The second-order valence-corrected chi connectivity index (χ2v) is 6.06. The molecule has 2 rings (SSSR count). The van der Waals surface area contributed by atoms with Crippen LogP contribution >= 0.6 is 39.0 Å². The van der Waals surface area contributed by atoms with Crippen molar-refractivity contribution in [3.8, 4) is 0 Å². The van der Waals surface area contributed by atoms with Gasteiger partial charge in [0.25, 0.3) is 0 Å². The fourth-order valence-corrected chi connectivity index (χ4v) is 3.57. The van der Waals surface area contributed by atoms with Crippen LogP contribution in [0, 0.1) is 0 Å². The van der Waals surface area contributed by atoms with Crippen LogP contribution in [0.15, 0.2) is 44.4 Å². The molecular formula is C11H10BrNS2. The Morgan fingerprint density at radius 1 is 1.27 bits per heavy atom.